The van der Waals surface area contributed by atoms with Gasteiger partial charge < -0.3 is 4.90 Å². The number of nitrogens with zero attached hydrogens (tertiary/aromatic N) is 2. The molecule has 14 heavy (non-hydrogen) atoms. The average molecular weight is 211 g/mol. The van der Waals surface area contributed by atoms with Crippen LogP contribution in [0.2, 0.25) is 0 Å². The van der Waals surface area contributed by atoms with E-state index < -0.39 is 0 Å². The number of benzene rings is 1. The Bertz CT molecular complexity index is 291. The van der Waals surface area contributed by atoms with Crippen molar-refractivity contribution >= 4 is 23.5 Å². The van der Waals surface area contributed by atoms with Gasteiger partial charge in [0.25, 0.3) is 0 Å². The molecule has 3 heteroatoms. The number of hydrogen-bond acceptors (Lipinski definition) is 2. The first-order valence-electron chi connectivity index (χ1n) is 4.57. The van der Waals surface area contributed by atoms with E-state index in [4.69, 9.17) is 11.6 Å². The summed E-state index contributed by atoms with van der Waals surface area (Å²) in [5.41, 5.74) is 2.31. The molecule has 1 aromatic carbocycles. The molecule has 0 aromatic heterocycles. The van der Waals surface area contributed by atoms with Crippen LogP contribution < -0.4 is 4.90 Å². The zero-order chi connectivity index (χ0) is 10.4. The summed E-state index contributed by atoms with van der Waals surface area (Å²) in [6.45, 7) is 0.678. The van der Waals surface area contributed by atoms with Gasteiger partial charge in [-0.05, 0) is 17.7 Å². The number of halogens is 1. The second-order valence-corrected chi connectivity index (χ2v) is 3.59. The number of rotatable bonds is 4. The first-order chi connectivity index (χ1) is 6.74. The lowest BCUT2D eigenvalue weighted by Gasteiger charge is -2.11. The zero-order valence-corrected chi connectivity index (χ0v) is 9.33. The van der Waals surface area contributed by atoms with E-state index in [1.165, 1.54) is 5.69 Å². The normalized spacial score (nSPS) is 10.8. The molecule has 0 aliphatic heterocycles. The topological polar surface area (TPSA) is 15.6 Å². The molecule has 0 amide bonds. The third-order valence-electron chi connectivity index (χ3n) is 1.86. The second kappa shape index (κ2) is 5.66. The molecule has 0 aliphatic rings. The Labute approximate surface area is 90.2 Å². The molecule has 0 bridgehead atoms. The second-order valence-electron chi connectivity index (χ2n) is 3.21. The number of hydrogen-bond donors (Lipinski definition) is 0. The van der Waals surface area contributed by atoms with Gasteiger partial charge in [0.05, 0.1) is 6.54 Å². The minimum Gasteiger partial charge on any atom is -0.378 e. The van der Waals surface area contributed by atoms with E-state index in [0.717, 1.165) is 5.56 Å². The fourth-order valence-corrected chi connectivity index (χ4v) is 1.17. The Morgan fingerprint density at radius 3 is 2.43 bits per heavy atom. The maximum atomic E-state index is 5.51. The molecule has 0 saturated heterocycles. The summed E-state index contributed by atoms with van der Waals surface area (Å²) >= 11 is 5.51. The van der Waals surface area contributed by atoms with Crippen molar-refractivity contribution in [2.45, 2.75) is 0 Å². The van der Waals surface area contributed by atoms with E-state index in [1.54, 1.807) is 0 Å². The van der Waals surface area contributed by atoms with Crippen molar-refractivity contribution in [1.82, 2.24) is 0 Å². The van der Waals surface area contributed by atoms with Crippen LogP contribution in [0.4, 0.5) is 5.69 Å². The lowest BCUT2D eigenvalue weighted by atomic mass is 10.2. The quantitative estimate of drug-likeness (QED) is 0.551. The van der Waals surface area contributed by atoms with Crippen molar-refractivity contribution in [3.63, 3.8) is 0 Å². The summed E-state index contributed by atoms with van der Waals surface area (Å²) in [4.78, 5) is 6.23. The van der Waals surface area contributed by atoms with Crippen LogP contribution in [0.25, 0.3) is 0 Å². The standard InChI is InChI=1S/C11H15ClN2/c1-14(2)11-5-3-10(4-6-11)9-13-8-7-12/h3-6,9H,7-8H2,1-2H3. The van der Waals surface area contributed by atoms with Crippen LogP contribution in [0, 0.1) is 0 Å². The van der Waals surface area contributed by atoms with E-state index in [9.17, 15) is 0 Å². The maximum Gasteiger partial charge on any atom is 0.0525 e. The van der Waals surface area contributed by atoms with Gasteiger partial charge >= 0.3 is 0 Å². The Kier molecular flexibility index (Phi) is 4.47. The van der Waals surface area contributed by atoms with Crippen molar-refractivity contribution in [1.29, 1.82) is 0 Å². The molecule has 0 saturated carbocycles. The fourth-order valence-electron chi connectivity index (χ4n) is 1.08. The lowest BCUT2D eigenvalue weighted by Crippen LogP contribution is -2.08. The van der Waals surface area contributed by atoms with Crippen molar-refractivity contribution in [2.24, 2.45) is 4.99 Å². The molecule has 0 spiro atoms. The highest BCUT2D eigenvalue weighted by Gasteiger charge is 1.93. The molecule has 0 heterocycles. The van der Waals surface area contributed by atoms with Crippen LogP contribution in [0.1, 0.15) is 5.56 Å². The predicted octanol–water partition coefficient (Wildman–Crippen LogP) is 2.41. The molecule has 1 rings (SSSR count). The van der Waals surface area contributed by atoms with Gasteiger partial charge in [-0.2, -0.15) is 0 Å². The van der Waals surface area contributed by atoms with E-state index in [-0.39, 0.29) is 0 Å². The van der Waals surface area contributed by atoms with E-state index in [2.05, 4.69) is 22.0 Å². The molecular weight excluding hydrogens is 196 g/mol. The summed E-state index contributed by atoms with van der Waals surface area (Å²) in [6, 6.07) is 8.24. The van der Waals surface area contributed by atoms with Gasteiger partial charge in [0.2, 0.25) is 0 Å². The SMILES string of the molecule is CN(C)c1ccc(C=NCCCl)cc1. The van der Waals surface area contributed by atoms with Crippen molar-refractivity contribution in [3.05, 3.63) is 29.8 Å². The molecule has 2 nitrogen and oxygen atoms in total. The molecular formula is C11H15ClN2. The summed E-state index contributed by atoms with van der Waals surface area (Å²) in [6.07, 6.45) is 1.85. The first-order valence-corrected chi connectivity index (χ1v) is 5.10. The van der Waals surface area contributed by atoms with Gasteiger partial charge in [-0.1, -0.05) is 12.1 Å². The van der Waals surface area contributed by atoms with Gasteiger partial charge in [-0.3, -0.25) is 4.99 Å². The lowest BCUT2D eigenvalue weighted by molar-refractivity contribution is 1.13. The van der Waals surface area contributed by atoms with Crippen molar-refractivity contribution in [2.75, 3.05) is 31.4 Å². The summed E-state index contributed by atoms with van der Waals surface area (Å²) in [7, 11) is 4.05. The van der Waals surface area contributed by atoms with Crippen molar-refractivity contribution in [3.8, 4) is 0 Å². The smallest absolute Gasteiger partial charge is 0.0525 e. The third-order valence-corrected chi connectivity index (χ3v) is 2.03. The number of alkyl halides is 1. The van der Waals surface area contributed by atoms with Crippen LogP contribution in [0.3, 0.4) is 0 Å². The predicted molar refractivity (Wildman–Crippen MR) is 64.0 cm³/mol. The van der Waals surface area contributed by atoms with Gasteiger partial charge in [0.15, 0.2) is 0 Å². The highest BCUT2D eigenvalue weighted by Crippen LogP contribution is 2.10. The van der Waals surface area contributed by atoms with Crippen LogP contribution in [0.15, 0.2) is 29.3 Å². The molecule has 0 atom stereocenters. The van der Waals surface area contributed by atoms with E-state index in [1.807, 2.05) is 32.4 Å². The average Bonchev–Trinajstić information content (AvgIpc) is 2.19. The minimum absolute atomic E-state index is 0.576. The Hall–Kier alpha value is -1.02. The van der Waals surface area contributed by atoms with Crippen LogP contribution in [-0.4, -0.2) is 32.7 Å². The Morgan fingerprint density at radius 2 is 1.93 bits per heavy atom. The first kappa shape index (κ1) is 11.1. The molecule has 0 N–H and O–H groups in total. The van der Waals surface area contributed by atoms with Crippen LogP contribution in [0.5, 0.6) is 0 Å². The van der Waals surface area contributed by atoms with Crippen LogP contribution >= 0.6 is 11.6 Å². The summed E-state index contributed by atoms with van der Waals surface area (Å²) < 4.78 is 0. The monoisotopic (exact) mass is 210 g/mol. The third kappa shape index (κ3) is 3.38. The maximum absolute atomic E-state index is 5.51. The minimum atomic E-state index is 0.576. The summed E-state index contributed by atoms with van der Waals surface area (Å²) in [5.74, 6) is 0.576. The molecule has 0 unspecified atom stereocenters. The van der Waals surface area contributed by atoms with Gasteiger partial charge in [0, 0.05) is 31.9 Å². The van der Waals surface area contributed by atoms with E-state index >= 15 is 0 Å². The van der Waals surface area contributed by atoms with Crippen molar-refractivity contribution < 1.29 is 0 Å². The zero-order valence-electron chi connectivity index (χ0n) is 8.57. The fraction of sp³-hybridized carbons (Fsp3) is 0.364. The van der Waals surface area contributed by atoms with Crippen LogP contribution in [-0.2, 0) is 0 Å². The Balaban J connectivity index is 2.64. The molecule has 0 aliphatic carbocycles. The molecule has 0 radical (unpaired) electrons. The van der Waals surface area contributed by atoms with Gasteiger partial charge in [0.1, 0.15) is 0 Å². The van der Waals surface area contributed by atoms with E-state index in [0.29, 0.717) is 12.4 Å². The highest BCUT2D eigenvalue weighted by atomic mass is 35.5. The highest BCUT2D eigenvalue weighted by molar-refractivity contribution is 6.18. The number of aliphatic imine (C=N–C) groups is 1. The largest absolute Gasteiger partial charge is 0.378 e. The Morgan fingerprint density at radius 1 is 1.29 bits per heavy atom. The molecule has 0 fully saturated rings. The summed E-state index contributed by atoms with van der Waals surface area (Å²) in [5, 5.41) is 0. The molecule has 76 valence electrons. The van der Waals surface area contributed by atoms with Gasteiger partial charge in [-0.25, -0.2) is 0 Å². The molecule has 1 aromatic rings. The number of anilines is 1. The van der Waals surface area contributed by atoms with Gasteiger partial charge in [-0.15, -0.1) is 11.6 Å².